The number of aromatic nitrogens is 1. The van der Waals surface area contributed by atoms with Gasteiger partial charge in [-0.1, -0.05) is 72.3 Å². The van der Waals surface area contributed by atoms with Crippen molar-refractivity contribution in [2.45, 2.75) is 25.3 Å². The van der Waals surface area contributed by atoms with Crippen molar-refractivity contribution in [2.75, 3.05) is 10.7 Å². The number of rotatable bonds is 6. The average Bonchev–Trinajstić information content (AvgIpc) is 3.27. The van der Waals surface area contributed by atoms with Crippen LogP contribution >= 0.6 is 22.9 Å². The maximum Gasteiger partial charge on any atom is 0.260 e. The van der Waals surface area contributed by atoms with Gasteiger partial charge in [0.15, 0.2) is 15.0 Å². The third-order valence-electron chi connectivity index (χ3n) is 5.17. The van der Waals surface area contributed by atoms with Crippen LogP contribution in [0.15, 0.2) is 71.6 Å². The molecule has 0 bridgehead atoms. The fourth-order valence-electron chi connectivity index (χ4n) is 3.34. The number of nitrogens with zero attached hydrogens (tertiary/aromatic N) is 2. The number of hydrogen-bond donors (Lipinski definition) is 0. The molecular formula is C24H21ClN2O3S2. The van der Waals surface area contributed by atoms with Crippen LogP contribution < -0.4 is 4.90 Å². The second-order valence-corrected chi connectivity index (χ2v) is 11.0. The zero-order valence-corrected chi connectivity index (χ0v) is 20.0. The van der Waals surface area contributed by atoms with Gasteiger partial charge in [-0.05, 0) is 42.3 Å². The normalized spacial score (nSPS) is 11.6. The minimum Gasteiger partial charge on any atom is -0.279 e. The molecule has 0 unspecified atom stereocenters. The number of thiazole rings is 1. The van der Waals surface area contributed by atoms with Crippen molar-refractivity contribution in [3.63, 3.8) is 0 Å². The minimum atomic E-state index is -3.44. The van der Waals surface area contributed by atoms with Gasteiger partial charge < -0.3 is 0 Å². The van der Waals surface area contributed by atoms with E-state index in [1.165, 1.54) is 23.5 Å². The summed E-state index contributed by atoms with van der Waals surface area (Å²) in [5.74, 6) is -0.358. The molecule has 1 amide bonds. The first-order valence-corrected chi connectivity index (χ1v) is 12.9. The lowest BCUT2D eigenvalue weighted by Crippen LogP contribution is -2.30. The number of hydrogen-bond acceptors (Lipinski definition) is 5. The molecule has 0 saturated heterocycles. The van der Waals surface area contributed by atoms with Crippen molar-refractivity contribution < 1.29 is 13.2 Å². The van der Waals surface area contributed by atoms with Crippen LogP contribution in [0, 0.1) is 6.92 Å². The number of halogens is 1. The van der Waals surface area contributed by atoms with Gasteiger partial charge in [-0.3, -0.25) is 9.69 Å². The van der Waals surface area contributed by atoms with Crippen LogP contribution in [-0.2, 0) is 16.4 Å². The Morgan fingerprint density at radius 1 is 1.06 bits per heavy atom. The van der Waals surface area contributed by atoms with Gasteiger partial charge in [-0.2, -0.15) is 0 Å². The van der Waals surface area contributed by atoms with Crippen molar-refractivity contribution >= 4 is 54.0 Å². The molecule has 1 aromatic heterocycles. The molecule has 4 aromatic rings. The average molecular weight is 485 g/mol. The SMILES string of the molecule is CCS(=O)(=O)c1cccc(C(=O)N(Cc2ccccc2)c2nc3c(C)ccc(Cl)c3s2)c1. The van der Waals surface area contributed by atoms with Gasteiger partial charge in [-0.15, -0.1) is 0 Å². The van der Waals surface area contributed by atoms with Crippen LogP contribution in [0.25, 0.3) is 10.2 Å². The lowest BCUT2D eigenvalue weighted by Gasteiger charge is -2.20. The Labute approximate surface area is 196 Å². The smallest absolute Gasteiger partial charge is 0.260 e. The summed E-state index contributed by atoms with van der Waals surface area (Å²) in [6.45, 7) is 3.82. The third kappa shape index (κ3) is 4.41. The molecule has 0 aliphatic heterocycles. The van der Waals surface area contributed by atoms with E-state index >= 15 is 0 Å². The Bertz CT molecular complexity index is 1360. The zero-order valence-electron chi connectivity index (χ0n) is 17.6. The number of aryl methyl sites for hydroxylation is 1. The van der Waals surface area contributed by atoms with Crippen molar-refractivity contribution in [1.82, 2.24) is 4.98 Å². The Balaban J connectivity index is 1.82. The molecule has 4 rings (SSSR count). The molecule has 0 aliphatic carbocycles. The lowest BCUT2D eigenvalue weighted by atomic mass is 10.1. The van der Waals surface area contributed by atoms with Gasteiger partial charge in [0.1, 0.15) is 0 Å². The predicted octanol–water partition coefficient (Wildman–Crippen LogP) is 5.90. The van der Waals surface area contributed by atoms with Crippen LogP contribution in [0.5, 0.6) is 0 Å². The summed E-state index contributed by atoms with van der Waals surface area (Å²) in [5, 5.41) is 1.09. The maximum atomic E-state index is 13.6. The molecule has 8 heteroatoms. The summed E-state index contributed by atoms with van der Waals surface area (Å²) in [5.41, 5.74) is 2.94. The number of anilines is 1. The van der Waals surface area contributed by atoms with E-state index in [-0.39, 0.29) is 22.1 Å². The van der Waals surface area contributed by atoms with Crippen LogP contribution in [0.4, 0.5) is 5.13 Å². The van der Waals surface area contributed by atoms with Crippen molar-refractivity contribution in [1.29, 1.82) is 0 Å². The van der Waals surface area contributed by atoms with Crippen molar-refractivity contribution in [3.8, 4) is 0 Å². The molecular weight excluding hydrogens is 464 g/mol. The largest absolute Gasteiger partial charge is 0.279 e. The van der Waals surface area contributed by atoms with E-state index in [1.807, 2.05) is 49.4 Å². The van der Waals surface area contributed by atoms with Crippen LogP contribution in [0.1, 0.15) is 28.4 Å². The zero-order chi connectivity index (χ0) is 22.9. The fraction of sp³-hybridized carbons (Fsp3) is 0.167. The first kappa shape index (κ1) is 22.5. The molecule has 0 fully saturated rings. The Morgan fingerprint density at radius 3 is 2.50 bits per heavy atom. The Kier molecular flexibility index (Phi) is 6.33. The van der Waals surface area contributed by atoms with Crippen LogP contribution in [-0.4, -0.2) is 25.1 Å². The molecule has 164 valence electrons. The highest BCUT2D eigenvalue weighted by atomic mass is 35.5. The van der Waals surface area contributed by atoms with E-state index < -0.39 is 9.84 Å². The molecule has 0 atom stereocenters. The van der Waals surface area contributed by atoms with Crippen molar-refractivity contribution in [2.24, 2.45) is 0 Å². The summed E-state index contributed by atoms with van der Waals surface area (Å²) in [4.78, 5) is 20.1. The first-order chi connectivity index (χ1) is 15.3. The molecule has 32 heavy (non-hydrogen) atoms. The highest BCUT2D eigenvalue weighted by Crippen LogP contribution is 2.36. The molecule has 0 spiro atoms. The quantitative estimate of drug-likeness (QED) is 0.341. The molecule has 0 aliphatic rings. The monoisotopic (exact) mass is 484 g/mol. The second-order valence-electron chi connectivity index (χ2n) is 7.35. The fourth-order valence-corrected chi connectivity index (χ4v) is 5.58. The Hall–Kier alpha value is -2.74. The van der Waals surface area contributed by atoms with Gasteiger partial charge in [-0.25, -0.2) is 13.4 Å². The molecule has 5 nitrogen and oxygen atoms in total. The summed E-state index contributed by atoms with van der Waals surface area (Å²) >= 11 is 7.74. The van der Waals surface area contributed by atoms with Crippen LogP contribution in [0.2, 0.25) is 5.02 Å². The van der Waals surface area contributed by atoms with Gasteiger partial charge in [0.2, 0.25) is 0 Å². The number of amides is 1. The van der Waals surface area contributed by atoms with E-state index in [9.17, 15) is 13.2 Å². The third-order valence-corrected chi connectivity index (χ3v) is 8.44. The Morgan fingerprint density at radius 2 is 1.81 bits per heavy atom. The summed E-state index contributed by atoms with van der Waals surface area (Å²) in [7, 11) is -3.44. The number of fused-ring (bicyclic) bond motifs is 1. The molecule has 1 heterocycles. The number of carbonyl (C=O) groups is 1. The van der Waals surface area contributed by atoms with Gasteiger partial charge in [0.25, 0.3) is 5.91 Å². The summed E-state index contributed by atoms with van der Waals surface area (Å²) < 4.78 is 25.5. The summed E-state index contributed by atoms with van der Waals surface area (Å²) in [6.07, 6.45) is 0. The van der Waals surface area contributed by atoms with E-state index in [1.54, 1.807) is 24.0 Å². The number of benzene rings is 3. The van der Waals surface area contributed by atoms with Gasteiger partial charge in [0.05, 0.1) is 32.4 Å². The number of carbonyl (C=O) groups excluding carboxylic acids is 1. The standard InChI is InChI=1S/C24H21ClN2O3S2/c1-3-32(29,30)19-11-7-10-18(14-19)23(28)27(15-17-8-5-4-6-9-17)24-26-21-16(2)12-13-20(25)22(21)31-24/h4-14H,3,15H2,1-2H3. The molecule has 0 N–H and O–H groups in total. The van der Waals surface area contributed by atoms with Crippen molar-refractivity contribution in [3.05, 3.63) is 88.4 Å². The van der Waals surface area contributed by atoms with E-state index in [0.717, 1.165) is 21.3 Å². The molecule has 0 radical (unpaired) electrons. The highest BCUT2D eigenvalue weighted by molar-refractivity contribution is 7.91. The molecule has 3 aromatic carbocycles. The second kappa shape index (κ2) is 9.02. The topological polar surface area (TPSA) is 67.3 Å². The maximum absolute atomic E-state index is 13.6. The first-order valence-electron chi connectivity index (χ1n) is 10.0. The minimum absolute atomic E-state index is 0.0337. The molecule has 0 saturated carbocycles. The van der Waals surface area contributed by atoms with E-state index in [4.69, 9.17) is 16.6 Å². The van der Waals surface area contributed by atoms with E-state index in [0.29, 0.717) is 16.7 Å². The predicted molar refractivity (Wildman–Crippen MR) is 130 cm³/mol. The lowest BCUT2D eigenvalue weighted by molar-refractivity contribution is 0.0985. The van der Waals surface area contributed by atoms with Gasteiger partial charge in [0, 0.05) is 5.56 Å². The number of sulfone groups is 1. The van der Waals surface area contributed by atoms with E-state index in [2.05, 4.69) is 0 Å². The summed E-state index contributed by atoms with van der Waals surface area (Å²) in [6, 6.07) is 19.5. The van der Waals surface area contributed by atoms with Crippen LogP contribution in [0.3, 0.4) is 0 Å². The highest BCUT2D eigenvalue weighted by Gasteiger charge is 2.24. The van der Waals surface area contributed by atoms with Gasteiger partial charge >= 0.3 is 0 Å².